The minimum atomic E-state index is 0.270. The SMILES string of the molecule is CCCCCNC(C)c1cc(OC)ccc1OC. The van der Waals surface area contributed by atoms with Crippen molar-refractivity contribution in [1.29, 1.82) is 0 Å². The molecule has 1 aromatic carbocycles. The predicted molar refractivity (Wildman–Crippen MR) is 75.5 cm³/mol. The maximum atomic E-state index is 5.40. The molecule has 0 aliphatic rings. The molecule has 0 aromatic heterocycles. The van der Waals surface area contributed by atoms with Gasteiger partial charge < -0.3 is 14.8 Å². The van der Waals surface area contributed by atoms with Gasteiger partial charge in [0.15, 0.2) is 0 Å². The highest BCUT2D eigenvalue weighted by molar-refractivity contribution is 5.42. The topological polar surface area (TPSA) is 30.5 Å². The van der Waals surface area contributed by atoms with Crippen LogP contribution in [-0.2, 0) is 0 Å². The second-order valence-corrected chi connectivity index (χ2v) is 4.49. The first-order chi connectivity index (χ1) is 8.72. The largest absolute Gasteiger partial charge is 0.497 e. The van der Waals surface area contributed by atoms with Crippen LogP contribution in [0.2, 0.25) is 0 Å². The Labute approximate surface area is 110 Å². The number of unbranched alkanes of at least 4 members (excludes halogenated alkanes) is 2. The number of benzene rings is 1. The molecule has 1 aromatic rings. The maximum absolute atomic E-state index is 5.40. The van der Waals surface area contributed by atoms with E-state index in [0.717, 1.165) is 23.6 Å². The highest BCUT2D eigenvalue weighted by Gasteiger charge is 2.11. The molecule has 1 rings (SSSR count). The molecule has 0 radical (unpaired) electrons. The lowest BCUT2D eigenvalue weighted by molar-refractivity contribution is 0.391. The summed E-state index contributed by atoms with van der Waals surface area (Å²) in [5.74, 6) is 1.78. The zero-order valence-corrected chi connectivity index (χ0v) is 12.0. The highest BCUT2D eigenvalue weighted by atomic mass is 16.5. The fourth-order valence-corrected chi connectivity index (χ4v) is 1.98. The van der Waals surface area contributed by atoms with E-state index in [9.17, 15) is 0 Å². The summed E-state index contributed by atoms with van der Waals surface area (Å²) in [5.41, 5.74) is 1.15. The molecule has 0 aliphatic carbocycles. The van der Waals surface area contributed by atoms with Gasteiger partial charge in [-0.05, 0) is 38.1 Å². The van der Waals surface area contributed by atoms with Gasteiger partial charge in [0.2, 0.25) is 0 Å². The first kappa shape index (κ1) is 14.8. The molecule has 1 unspecified atom stereocenters. The van der Waals surface area contributed by atoms with Gasteiger partial charge in [-0.25, -0.2) is 0 Å². The van der Waals surface area contributed by atoms with E-state index >= 15 is 0 Å². The van der Waals surface area contributed by atoms with E-state index in [2.05, 4.69) is 19.2 Å². The Morgan fingerprint density at radius 2 is 1.94 bits per heavy atom. The number of hydrogen-bond acceptors (Lipinski definition) is 3. The maximum Gasteiger partial charge on any atom is 0.123 e. The Morgan fingerprint density at radius 3 is 2.56 bits per heavy atom. The van der Waals surface area contributed by atoms with Crippen molar-refractivity contribution in [1.82, 2.24) is 5.32 Å². The van der Waals surface area contributed by atoms with Gasteiger partial charge in [0.05, 0.1) is 14.2 Å². The third-order valence-electron chi connectivity index (χ3n) is 3.13. The molecule has 18 heavy (non-hydrogen) atoms. The van der Waals surface area contributed by atoms with Crippen LogP contribution in [0.1, 0.15) is 44.7 Å². The summed E-state index contributed by atoms with van der Waals surface area (Å²) in [7, 11) is 3.39. The Balaban J connectivity index is 2.66. The zero-order valence-electron chi connectivity index (χ0n) is 12.0. The summed E-state index contributed by atoms with van der Waals surface area (Å²) in [6.07, 6.45) is 3.74. The summed E-state index contributed by atoms with van der Waals surface area (Å²) in [6, 6.07) is 6.19. The standard InChI is InChI=1S/C15H25NO2/c1-5-6-7-10-16-12(2)14-11-13(17-3)8-9-15(14)18-4/h8-9,11-12,16H,5-7,10H2,1-4H3. The lowest BCUT2D eigenvalue weighted by Crippen LogP contribution is -2.20. The highest BCUT2D eigenvalue weighted by Crippen LogP contribution is 2.29. The predicted octanol–water partition coefficient (Wildman–Crippen LogP) is 3.54. The molecule has 102 valence electrons. The lowest BCUT2D eigenvalue weighted by Gasteiger charge is -2.18. The number of ether oxygens (including phenoxy) is 2. The van der Waals surface area contributed by atoms with Crippen molar-refractivity contribution < 1.29 is 9.47 Å². The smallest absolute Gasteiger partial charge is 0.123 e. The van der Waals surface area contributed by atoms with Gasteiger partial charge in [-0.3, -0.25) is 0 Å². The van der Waals surface area contributed by atoms with Crippen LogP contribution >= 0.6 is 0 Å². The van der Waals surface area contributed by atoms with Crippen LogP contribution in [0.25, 0.3) is 0 Å². The molecule has 1 N–H and O–H groups in total. The van der Waals surface area contributed by atoms with Crippen LogP contribution in [0.5, 0.6) is 11.5 Å². The fraction of sp³-hybridized carbons (Fsp3) is 0.600. The summed E-state index contributed by atoms with van der Waals surface area (Å²) in [6.45, 7) is 5.41. The minimum absolute atomic E-state index is 0.270. The van der Waals surface area contributed by atoms with Crippen LogP contribution in [0, 0.1) is 0 Å². The summed E-state index contributed by atoms with van der Waals surface area (Å²) < 4.78 is 10.7. The minimum Gasteiger partial charge on any atom is -0.497 e. The Hall–Kier alpha value is -1.22. The van der Waals surface area contributed by atoms with E-state index < -0.39 is 0 Å². The fourth-order valence-electron chi connectivity index (χ4n) is 1.98. The monoisotopic (exact) mass is 251 g/mol. The average Bonchev–Trinajstić information content (AvgIpc) is 2.42. The van der Waals surface area contributed by atoms with Crippen molar-refractivity contribution in [2.75, 3.05) is 20.8 Å². The van der Waals surface area contributed by atoms with Gasteiger partial charge in [0, 0.05) is 11.6 Å². The van der Waals surface area contributed by atoms with Crippen LogP contribution in [0.3, 0.4) is 0 Å². The normalized spacial score (nSPS) is 12.2. The van der Waals surface area contributed by atoms with Gasteiger partial charge in [0.25, 0.3) is 0 Å². The molecule has 1 atom stereocenters. The van der Waals surface area contributed by atoms with E-state index in [-0.39, 0.29) is 6.04 Å². The molecule has 0 spiro atoms. The number of hydrogen-bond donors (Lipinski definition) is 1. The van der Waals surface area contributed by atoms with Crippen molar-refractivity contribution in [3.8, 4) is 11.5 Å². The molecular formula is C15H25NO2. The van der Waals surface area contributed by atoms with Gasteiger partial charge in [-0.15, -0.1) is 0 Å². The van der Waals surface area contributed by atoms with Crippen molar-refractivity contribution in [2.24, 2.45) is 0 Å². The molecule has 0 bridgehead atoms. The van der Waals surface area contributed by atoms with E-state index in [1.807, 2.05) is 18.2 Å². The molecule has 3 nitrogen and oxygen atoms in total. The van der Waals surface area contributed by atoms with E-state index in [4.69, 9.17) is 9.47 Å². The summed E-state index contributed by atoms with van der Waals surface area (Å²) in [5, 5.41) is 3.52. The number of nitrogens with one attached hydrogen (secondary N) is 1. The summed E-state index contributed by atoms with van der Waals surface area (Å²) in [4.78, 5) is 0. The van der Waals surface area contributed by atoms with E-state index in [0.29, 0.717) is 0 Å². The van der Waals surface area contributed by atoms with Gasteiger partial charge in [0.1, 0.15) is 11.5 Å². The first-order valence-electron chi connectivity index (χ1n) is 6.68. The van der Waals surface area contributed by atoms with Gasteiger partial charge in [-0.2, -0.15) is 0 Å². The lowest BCUT2D eigenvalue weighted by atomic mass is 10.1. The molecule has 0 fully saturated rings. The first-order valence-corrected chi connectivity index (χ1v) is 6.68. The summed E-state index contributed by atoms with van der Waals surface area (Å²) >= 11 is 0. The molecule has 0 saturated heterocycles. The molecule has 0 aliphatic heterocycles. The quantitative estimate of drug-likeness (QED) is 0.717. The van der Waals surface area contributed by atoms with Gasteiger partial charge >= 0.3 is 0 Å². The molecule has 0 amide bonds. The zero-order chi connectivity index (χ0) is 13.4. The van der Waals surface area contributed by atoms with Crippen LogP contribution in [0.4, 0.5) is 0 Å². The van der Waals surface area contributed by atoms with Crippen molar-refractivity contribution >= 4 is 0 Å². The molecule has 3 heteroatoms. The molecular weight excluding hydrogens is 226 g/mol. The van der Waals surface area contributed by atoms with E-state index in [1.165, 1.54) is 19.3 Å². The van der Waals surface area contributed by atoms with Crippen LogP contribution in [-0.4, -0.2) is 20.8 Å². The Morgan fingerprint density at radius 1 is 1.17 bits per heavy atom. The second kappa shape index (κ2) is 7.98. The van der Waals surface area contributed by atoms with Gasteiger partial charge in [-0.1, -0.05) is 19.8 Å². The Bertz CT molecular complexity index is 352. The van der Waals surface area contributed by atoms with Crippen molar-refractivity contribution in [3.05, 3.63) is 23.8 Å². The van der Waals surface area contributed by atoms with Crippen LogP contribution < -0.4 is 14.8 Å². The van der Waals surface area contributed by atoms with Crippen molar-refractivity contribution in [2.45, 2.75) is 39.2 Å². The van der Waals surface area contributed by atoms with E-state index in [1.54, 1.807) is 14.2 Å². The number of methoxy groups -OCH3 is 2. The third kappa shape index (κ3) is 4.22. The third-order valence-corrected chi connectivity index (χ3v) is 3.13. The van der Waals surface area contributed by atoms with Crippen LogP contribution in [0.15, 0.2) is 18.2 Å². The average molecular weight is 251 g/mol. The number of rotatable bonds is 8. The molecule has 0 heterocycles. The van der Waals surface area contributed by atoms with Crippen molar-refractivity contribution in [3.63, 3.8) is 0 Å². The Kier molecular flexibility index (Phi) is 6.58. The molecule has 0 saturated carbocycles. The second-order valence-electron chi connectivity index (χ2n) is 4.49.